The Morgan fingerprint density at radius 1 is 1.22 bits per heavy atom. The molecular formula is C15H21NO2. The van der Waals surface area contributed by atoms with Gasteiger partial charge < -0.3 is 14.8 Å². The lowest BCUT2D eigenvalue weighted by molar-refractivity contribution is 0.165. The third kappa shape index (κ3) is 2.13. The minimum Gasteiger partial charge on any atom is -0.493 e. The standard InChI is InChI=1S/C15H21NO2/c1-16-15(11-6-8-17-10-11)13-7-9-18-14-5-3-2-4-12(13)14/h2-5,11,13,15-16H,6-10H2,1H3. The summed E-state index contributed by atoms with van der Waals surface area (Å²) in [5.41, 5.74) is 1.36. The molecule has 0 radical (unpaired) electrons. The number of nitrogens with one attached hydrogen (secondary N) is 1. The molecule has 2 aliphatic heterocycles. The van der Waals surface area contributed by atoms with E-state index in [1.54, 1.807) is 0 Å². The van der Waals surface area contributed by atoms with Gasteiger partial charge in [-0.3, -0.25) is 0 Å². The molecule has 1 N–H and O–H groups in total. The zero-order valence-corrected chi connectivity index (χ0v) is 10.9. The van der Waals surface area contributed by atoms with Crippen LogP contribution in [0.2, 0.25) is 0 Å². The Balaban J connectivity index is 1.87. The van der Waals surface area contributed by atoms with Crippen LogP contribution in [-0.4, -0.2) is 32.9 Å². The first kappa shape index (κ1) is 12.0. The average molecular weight is 247 g/mol. The zero-order chi connectivity index (χ0) is 12.4. The van der Waals surface area contributed by atoms with E-state index in [1.807, 2.05) is 6.07 Å². The van der Waals surface area contributed by atoms with Crippen molar-refractivity contribution < 1.29 is 9.47 Å². The molecule has 0 aromatic heterocycles. The summed E-state index contributed by atoms with van der Waals surface area (Å²) in [6.45, 7) is 2.63. The van der Waals surface area contributed by atoms with Gasteiger partial charge in [0, 0.05) is 24.5 Å². The van der Waals surface area contributed by atoms with Crippen LogP contribution in [0.5, 0.6) is 5.75 Å². The third-order valence-electron chi connectivity index (χ3n) is 4.24. The van der Waals surface area contributed by atoms with Gasteiger partial charge in [0.1, 0.15) is 5.75 Å². The number of para-hydroxylation sites is 1. The van der Waals surface area contributed by atoms with Crippen molar-refractivity contribution in [3.8, 4) is 5.75 Å². The maximum Gasteiger partial charge on any atom is 0.122 e. The van der Waals surface area contributed by atoms with E-state index >= 15 is 0 Å². The predicted octanol–water partition coefficient (Wildman–Crippen LogP) is 2.18. The van der Waals surface area contributed by atoms with Gasteiger partial charge in [-0.15, -0.1) is 0 Å². The van der Waals surface area contributed by atoms with Gasteiger partial charge in [0.05, 0.1) is 13.2 Å². The second kappa shape index (κ2) is 5.29. The molecule has 3 unspecified atom stereocenters. The first-order valence-electron chi connectivity index (χ1n) is 6.87. The van der Waals surface area contributed by atoms with Gasteiger partial charge in [-0.1, -0.05) is 18.2 Å². The van der Waals surface area contributed by atoms with Gasteiger partial charge in [-0.2, -0.15) is 0 Å². The lowest BCUT2D eigenvalue weighted by Gasteiger charge is -2.35. The van der Waals surface area contributed by atoms with E-state index in [9.17, 15) is 0 Å². The molecule has 1 aromatic carbocycles. The molecule has 18 heavy (non-hydrogen) atoms. The Labute approximate surface area is 108 Å². The number of hydrogen-bond acceptors (Lipinski definition) is 3. The van der Waals surface area contributed by atoms with Crippen molar-refractivity contribution in [1.29, 1.82) is 0 Å². The molecule has 0 bridgehead atoms. The molecule has 3 atom stereocenters. The van der Waals surface area contributed by atoms with Crippen LogP contribution in [0.1, 0.15) is 24.3 Å². The number of benzene rings is 1. The highest BCUT2D eigenvalue weighted by Crippen LogP contribution is 2.38. The quantitative estimate of drug-likeness (QED) is 0.888. The number of ether oxygens (including phenoxy) is 2. The molecule has 2 aliphatic rings. The fourth-order valence-corrected chi connectivity index (χ4v) is 3.34. The summed E-state index contributed by atoms with van der Waals surface area (Å²) < 4.78 is 11.3. The minimum atomic E-state index is 0.498. The van der Waals surface area contributed by atoms with Crippen LogP contribution in [0, 0.1) is 5.92 Å². The molecule has 0 spiro atoms. The van der Waals surface area contributed by atoms with Crippen molar-refractivity contribution in [2.75, 3.05) is 26.9 Å². The van der Waals surface area contributed by atoms with E-state index in [0.29, 0.717) is 17.9 Å². The van der Waals surface area contributed by atoms with Gasteiger partial charge in [0.25, 0.3) is 0 Å². The largest absolute Gasteiger partial charge is 0.493 e. The van der Waals surface area contributed by atoms with Crippen LogP contribution in [0.25, 0.3) is 0 Å². The second-order valence-corrected chi connectivity index (χ2v) is 5.22. The van der Waals surface area contributed by atoms with Crippen molar-refractivity contribution in [2.24, 2.45) is 5.92 Å². The van der Waals surface area contributed by atoms with Gasteiger partial charge in [0.15, 0.2) is 0 Å². The molecule has 1 saturated heterocycles. The number of hydrogen-bond donors (Lipinski definition) is 1. The average Bonchev–Trinajstić information content (AvgIpc) is 2.94. The van der Waals surface area contributed by atoms with E-state index in [-0.39, 0.29) is 0 Å². The van der Waals surface area contributed by atoms with Crippen LogP contribution in [0.4, 0.5) is 0 Å². The molecule has 2 heterocycles. The summed E-state index contributed by atoms with van der Waals surface area (Å²) in [6, 6.07) is 8.95. The van der Waals surface area contributed by atoms with Crippen molar-refractivity contribution in [2.45, 2.75) is 24.8 Å². The summed E-state index contributed by atoms with van der Waals surface area (Å²) in [4.78, 5) is 0. The second-order valence-electron chi connectivity index (χ2n) is 5.22. The van der Waals surface area contributed by atoms with Crippen molar-refractivity contribution in [3.63, 3.8) is 0 Å². The summed E-state index contributed by atoms with van der Waals surface area (Å²) in [5.74, 6) is 2.24. The smallest absolute Gasteiger partial charge is 0.122 e. The van der Waals surface area contributed by atoms with E-state index in [1.165, 1.54) is 12.0 Å². The summed E-state index contributed by atoms with van der Waals surface area (Å²) >= 11 is 0. The maximum absolute atomic E-state index is 5.75. The Hall–Kier alpha value is -1.06. The monoisotopic (exact) mass is 247 g/mol. The maximum atomic E-state index is 5.75. The Morgan fingerprint density at radius 2 is 2.11 bits per heavy atom. The first-order valence-corrected chi connectivity index (χ1v) is 6.87. The Morgan fingerprint density at radius 3 is 2.89 bits per heavy atom. The van der Waals surface area contributed by atoms with Gasteiger partial charge in [-0.25, -0.2) is 0 Å². The molecule has 3 nitrogen and oxygen atoms in total. The Bertz CT molecular complexity index is 401. The molecular weight excluding hydrogens is 226 g/mol. The van der Waals surface area contributed by atoms with Gasteiger partial charge in [0.2, 0.25) is 0 Å². The molecule has 98 valence electrons. The van der Waals surface area contributed by atoms with Crippen LogP contribution >= 0.6 is 0 Å². The normalized spacial score (nSPS) is 28.5. The molecule has 3 heteroatoms. The summed E-state index contributed by atoms with van der Waals surface area (Å²) in [6.07, 6.45) is 2.27. The molecule has 0 aliphatic carbocycles. The van der Waals surface area contributed by atoms with E-state index < -0.39 is 0 Å². The van der Waals surface area contributed by atoms with Crippen LogP contribution in [-0.2, 0) is 4.74 Å². The van der Waals surface area contributed by atoms with E-state index in [4.69, 9.17) is 9.47 Å². The molecule has 3 rings (SSSR count). The third-order valence-corrected chi connectivity index (χ3v) is 4.24. The summed E-state index contributed by atoms with van der Waals surface area (Å²) in [5, 5.41) is 3.52. The molecule has 0 amide bonds. The van der Waals surface area contributed by atoms with Crippen LogP contribution in [0.15, 0.2) is 24.3 Å². The fraction of sp³-hybridized carbons (Fsp3) is 0.600. The zero-order valence-electron chi connectivity index (χ0n) is 10.9. The molecule has 1 fully saturated rings. The molecule has 0 saturated carbocycles. The van der Waals surface area contributed by atoms with Crippen LogP contribution < -0.4 is 10.1 Å². The highest BCUT2D eigenvalue weighted by molar-refractivity contribution is 5.38. The van der Waals surface area contributed by atoms with Crippen molar-refractivity contribution in [1.82, 2.24) is 5.32 Å². The number of fused-ring (bicyclic) bond motifs is 1. The minimum absolute atomic E-state index is 0.498. The van der Waals surface area contributed by atoms with Crippen LogP contribution in [0.3, 0.4) is 0 Å². The van der Waals surface area contributed by atoms with Crippen molar-refractivity contribution >= 4 is 0 Å². The van der Waals surface area contributed by atoms with Crippen molar-refractivity contribution in [3.05, 3.63) is 29.8 Å². The predicted molar refractivity (Wildman–Crippen MR) is 71.1 cm³/mol. The number of likely N-dealkylation sites (N-methyl/N-ethyl adjacent to an activating group) is 1. The summed E-state index contributed by atoms with van der Waals surface area (Å²) in [7, 11) is 2.07. The van der Waals surface area contributed by atoms with Gasteiger partial charge >= 0.3 is 0 Å². The highest BCUT2D eigenvalue weighted by Gasteiger charge is 2.34. The lowest BCUT2D eigenvalue weighted by atomic mass is 9.80. The molecule has 1 aromatic rings. The Kier molecular flexibility index (Phi) is 3.52. The lowest BCUT2D eigenvalue weighted by Crippen LogP contribution is -2.41. The van der Waals surface area contributed by atoms with E-state index in [0.717, 1.165) is 32.0 Å². The fourth-order valence-electron chi connectivity index (χ4n) is 3.34. The highest BCUT2D eigenvalue weighted by atomic mass is 16.5. The first-order chi connectivity index (χ1) is 8.90. The topological polar surface area (TPSA) is 30.5 Å². The number of rotatable bonds is 3. The van der Waals surface area contributed by atoms with E-state index in [2.05, 4.69) is 30.6 Å². The van der Waals surface area contributed by atoms with Gasteiger partial charge in [-0.05, 0) is 31.5 Å². The SMILES string of the molecule is CNC(C1CCOC1)C1CCOc2ccccc21.